The van der Waals surface area contributed by atoms with Crippen LogP contribution in [0.15, 0.2) is 28.7 Å². The smallest absolute Gasteiger partial charge is 0.309 e. The fourth-order valence-electron chi connectivity index (χ4n) is 1.96. The molecule has 1 heterocycles. The lowest BCUT2D eigenvalue weighted by atomic mass is 10.1. The third kappa shape index (κ3) is 2.46. The van der Waals surface area contributed by atoms with E-state index in [4.69, 9.17) is 5.11 Å². The number of rotatable bonds is 3. The van der Waals surface area contributed by atoms with E-state index in [2.05, 4.69) is 21.0 Å². The van der Waals surface area contributed by atoms with Crippen molar-refractivity contribution < 1.29 is 9.90 Å². The van der Waals surface area contributed by atoms with Gasteiger partial charge in [0.25, 0.3) is 0 Å². The van der Waals surface area contributed by atoms with Crippen molar-refractivity contribution in [1.82, 2.24) is 9.78 Å². The second-order valence-electron chi connectivity index (χ2n) is 4.12. The lowest BCUT2D eigenvalue weighted by Crippen LogP contribution is -2.06. The first kappa shape index (κ1) is 12.8. The summed E-state index contributed by atoms with van der Waals surface area (Å²) >= 11 is 3.42. The third-order valence-electron chi connectivity index (χ3n) is 2.85. The molecule has 0 spiro atoms. The number of halogens is 1. The largest absolute Gasteiger partial charge is 0.481 e. The molecule has 0 aliphatic rings. The molecule has 0 unspecified atom stereocenters. The summed E-state index contributed by atoms with van der Waals surface area (Å²) in [5, 5.41) is 13.3. The van der Waals surface area contributed by atoms with Gasteiger partial charge in [-0.3, -0.25) is 9.48 Å². The Morgan fingerprint density at radius 3 is 2.83 bits per heavy atom. The van der Waals surface area contributed by atoms with E-state index in [1.165, 1.54) is 0 Å². The van der Waals surface area contributed by atoms with Gasteiger partial charge in [0, 0.05) is 17.1 Å². The summed E-state index contributed by atoms with van der Waals surface area (Å²) in [5.41, 5.74) is 3.46. The van der Waals surface area contributed by atoms with Crippen molar-refractivity contribution in [3.8, 4) is 11.3 Å². The fraction of sp³-hybridized carbons (Fsp3) is 0.231. The van der Waals surface area contributed by atoms with E-state index in [9.17, 15) is 4.79 Å². The Labute approximate surface area is 113 Å². The number of nitrogens with zero attached hydrogens (tertiary/aromatic N) is 2. The molecule has 0 atom stereocenters. The monoisotopic (exact) mass is 308 g/mol. The van der Waals surface area contributed by atoms with Gasteiger partial charge < -0.3 is 5.11 Å². The Morgan fingerprint density at radius 2 is 2.22 bits per heavy atom. The molecule has 2 rings (SSSR count). The van der Waals surface area contributed by atoms with Gasteiger partial charge >= 0.3 is 5.97 Å². The van der Waals surface area contributed by atoms with Crippen molar-refractivity contribution in [3.05, 3.63) is 40.0 Å². The number of aryl methyl sites for hydroxylation is 1. The maximum absolute atomic E-state index is 10.8. The van der Waals surface area contributed by atoms with Gasteiger partial charge in [-0.1, -0.05) is 28.1 Å². The highest BCUT2D eigenvalue weighted by atomic mass is 79.9. The molecule has 0 radical (unpaired) electrons. The van der Waals surface area contributed by atoms with Crippen LogP contribution in [0.4, 0.5) is 0 Å². The summed E-state index contributed by atoms with van der Waals surface area (Å²) in [6.07, 6.45) is -0.0106. The minimum Gasteiger partial charge on any atom is -0.481 e. The summed E-state index contributed by atoms with van der Waals surface area (Å²) in [7, 11) is 1.77. The lowest BCUT2D eigenvalue weighted by molar-refractivity contribution is -0.136. The minimum atomic E-state index is -0.845. The predicted octanol–water partition coefficient (Wildman–Crippen LogP) is 2.79. The Kier molecular flexibility index (Phi) is 3.52. The molecular formula is C13H13BrN2O2. The molecule has 0 saturated heterocycles. The van der Waals surface area contributed by atoms with Gasteiger partial charge in [0.2, 0.25) is 0 Å². The normalized spacial score (nSPS) is 10.6. The van der Waals surface area contributed by atoms with Gasteiger partial charge in [-0.05, 0) is 24.6 Å². The highest BCUT2D eigenvalue weighted by molar-refractivity contribution is 9.10. The summed E-state index contributed by atoms with van der Waals surface area (Å²) in [5.74, 6) is -0.845. The first-order valence-electron chi connectivity index (χ1n) is 5.49. The standard InChI is InChI=1S/C13H13BrN2O2/c1-8-11(7-12(17)18)16(2)15-13(8)9-4-3-5-10(14)6-9/h3-6H,7H2,1-2H3,(H,17,18). The molecule has 94 valence electrons. The molecule has 2 aromatic rings. The van der Waals surface area contributed by atoms with E-state index < -0.39 is 5.97 Å². The summed E-state index contributed by atoms with van der Waals surface area (Å²) in [6.45, 7) is 1.90. The maximum atomic E-state index is 10.8. The van der Waals surface area contributed by atoms with Gasteiger partial charge in [0.1, 0.15) is 0 Å². The third-order valence-corrected chi connectivity index (χ3v) is 3.34. The Bertz CT molecular complexity index is 605. The zero-order chi connectivity index (χ0) is 13.3. The van der Waals surface area contributed by atoms with E-state index in [0.717, 1.165) is 27.0 Å². The van der Waals surface area contributed by atoms with E-state index in [1.807, 2.05) is 31.2 Å². The van der Waals surface area contributed by atoms with E-state index >= 15 is 0 Å². The Balaban J connectivity index is 2.50. The van der Waals surface area contributed by atoms with Crippen LogP contribution in [0.1, 0.15) is 11.3 Å². The average Bonchev–Trinajstić information content (AvgIpc) is 2.56. The van der Waals surface area contributed by atoms with Gasteiger partial charge in [-0.15, -0.1) is 0 Å². The van der Waals surface area contributed by atoms with Crippen LogP contribution in [0.2, 0.25) is 0 Å². The molecular weight excluding hydrogens is 296 g/mol. The fourth-order valence-corrected chi connectivity index (χ4v) is 2.36. The number of carbonyl (C=O) groups is 1. The van der Waals surface area contributed by atoms with Crippen LogP contribution in [0.5, 0.6) is 0 Å². The number of aliphatic carboxylic acids is 1. The second kappa shape index (κ2) is 4.94. The Hall–Kier alpha value is -1.62. The molecule has 0 saturated carbocycles. The van der Waals surface area contributed by atoms with Crippen LogP contribution in [0, 0.1) is 6.92 Å². The van der Waals surface area contributed by atoms with Crippen molar-refractivity contribution in [2.24, 2.45) is 7.05 Å². The number of benzene rings is 1. The van der Waals surface area contributed by atoms with E-state index in [-0.39, 0.29) is 6.42 Å². The molecule has 0 aliphatic carbocycles. The minimum absolute atomic E-state index is 0.0106. The lowest BCUT2D eigenvalue weighted by Gasteiger charge is -2.00. The second-order valence-corrected chi connectivity index (χ2v) is 5.04. The van der Waals surface area contributed by atoms with Crippen LogP contribution in [-0.4, -0.2) is 20.9 Å². The van der Waals surface area contributed by atoms with Crippen LogP contribution in [-0.2, 0) is 18.3 Å². The molecule has 0 aliphatic heterocycles. The van der Waals surface area contributed by atoms with Gasteiger partial charge in [0.05, 0.1) is 17.8 Å². The predicted molar refractivity (Wildman–Crippen MR) is 72.4 cm³/mol. The molecule has 0 fully saturated rings. The molecule has 5 heteroatoms. The quantitative estimate of drug-likeness (QED) is 0.948. The van der Waals surface area contributed by atoms with Crippen molar-refractivity contribution in [1.29, 1.82) is 0 Å². The maximum Gasteiger partial charge on any atom is 0.309 e. The molecule has 18 heavy (non-hydrogen) atoms. The average molecular weight is 309 g/mol. The number of carboxylic acids is 1. The first-order chi connectivity index (χ1) is 8.49. The molecule has 4 nitrogen and oxygen atoms in total. The van der Waals surface area contributed by atoms with Crippen molar-refractivity contribution in [2.45, 2.75) is 13.3 Å². The number of aromatic nitrogens is 2. The van der Waals surface area contributed by atoms with E-state index in [0.29, 0.717) is 0 Å². The molecule has 1 aromatic heterocycles. The van der Waals surface area contributed by atoms with E-state index in [1.54, 1.807) is 11.7 Å². The van der Waals surface area contributed by atoms with Gasteiger partial charge in [0.15, 0.2) is 0 Å². The molecule has 1 N–H and O–H groups in total. The topological polar surface area (TPSA) is 55.1 Å². The SMILES string of the molecule is Cc1c(-c2cccc(Br)c2)nn(C)c1CC(=O)O. The zero-order valence-corrected chi connectivity index (χ0v) is 11.7. The van der Waals surface area contributed by atoms with Crippen LogP contribution >= 0.6 is 15.9 Å². The first-order valence-corrected chi connectivity index (χ1v) is 6.28. The number of hydrogen-bond acceptors (Lipinski definition) is 2. The molecule has 0 amide bonds. The molecule has 0 bridgehead atoms. The van der Waals surface area contributed by atoms with Crippen molar-refractivity contribution in [3.63, 3.8) is 0 Å². The van der Waals surface area contributed by atoms with Gasteiger partial charge in [-0.2, -0.15) is 5.10 Å². The zero-order valence-electron chi connectivity index (χ0n) is 10.1. The van der Waals surface area contributed by atoms with Crippen LogP contribution < -0.4 is 0 Å². The van der Waals surface area contributed by atoms with Crippen LogP contribution in [0.25, 0.3) is 11.3 Å². The van der Waals surface area contributed by atoms with Crippen LogP contribution in [0.3, 0.4) is 0 Å². The molecule has 1 aromatic carbocycles. The van der Waals surface area contributed by atoms with Crippen molar-refractivity contribution in [2.75, 3.05) is 0 Å². The summed E-state index contributed by atoms with van der Waals surface area (Å²) in [6, 6.07) is 7.81. The number of hydrogen-bond donors (Lipinski definition) is 1. The van der Waals surface area contributed by atoms with Crippen molar-refractivity contribution >= 4 is 21.9 Å². The summed E-state index contributed by atoms with van der Waals surface area (Å²) in [4.78, 5) is 10.8. The summed E-state index contributed by atoms with van der Waals surface area (Å²) < 4.78 is 2.62. The highest BCUT2D eigenvalue weighted by Gasteiger charge is 2.16. The highest BCUT2D eigenvalue weighted by Crippen LogP contribution is 2.26. The van der Waals surface area contributed by atoms with Gasteiger partial charge in [-0.25, -0.2) is 0 Å². The Morgan fingerprint density at radius 1 is 1.50 bits per heavy atom. The number of carboxylic acid groups (broad SMARTS) is 1.